The van der Waals surface area contributed by atoms with Crippen molar-refractivity contribution in [3.63, 3.8) is 0 Å². The first-order valence-electron chi connectivity index (χ1n) is 8.62. The van der Waals surface area contributed by atoms with Crippen molar-refractivity contribution in [1.29, 1.82) is 0 Å². The molecular weight excluding hydrogens is 306 g/mol. The molecule has 1 aliphatic rings. The summed E-state index contributed by atoms with van der Waals surface area (Å²) in [4.78, 5) is 16.6. The molecule has 2 aromatic heterocycles. The Hall–Kier alpha value is -2.11. The Kier molecular flexibility index (Phi) is 4.73. The molecule has 1 unspecified atom stereocenters. The van der Waals surface area contributed by atoms with Crippen molar-refractivity contribution in [1.82, 2.24) is 15.5 Å². The molecule has 0 aliphatic heterocycles. The maximum Gasteiger partial charge on any atom is 0.226 e. The molecule has 1 N–H and O–H groups in total. The number of rotatable bonds is 5. The van der Waals surface area contributed by atoms with Gasteiger partial charge in [-0.15, -0.1) is 0 Å². The second-order valence-corrected chi connectivity index (χ2v) is 7.43. The molecule has 0 radical (unpaired) electrons. The molecule has 6 heteroatoms. The zero-order valence-electron chi connectivity index (χ0n) is 14.6. The first-order valence-corrected chi connectivity index (χ1v) is 8.62. The zero-order valence-corrected chi connectivity index (χ0v) is 14.6. The molecule has 1 aliphatic carbocycles. The van der Waals surface area contributed by atoms with Gasteiger partial charge in [0.15, 0.2) is 5.82 Å². The summed E-state index contributed by atoms with van der Waals surface area (Å²) >= 11 is 0. The van der Waals surface area contributed by atoms with E-state index in [0.717, 1.165) is 30.6 Å². The van der Waals surface area contributed by atoms with Crippen molar-refractivity contribution >= 4 is 5.91 Å². The van der Waals surface area contributed by atoms with E-state index in [9.17, 15) is 4.79 Å². The van der Waals surface area contributed by atoms with Crippen molar-refractivity contribution in [2.24, 2.45) is 0 Å². The summed E-state index contributed by atoms with van der Waals surface area (Å²) in [7, 11) is 0. The van der Waals surface area contributed by atoms with E-state index in [1.54, 1.807) is 6.26 Å². The number of carbonyl (C=O) groups is 1. The van der Waals surface area contributed by atoms with Crippen molar-refractivity contribution in [3.05, 3.63) is 35.4 Å². The van der Waals surface area contributed by atoms with Gasteiger partial charge in [-0.1, -0.05) is 25.9 Å². The molecule has 130 valence electrons. The van der Waals surface area contributed by atoms with Crippen LogP contribution in [0.1, 0.15) is 75.5 Å². The Morgan fingerprint density at radius 1 is 1.42 bits per heavy atom. The summed E-state index contributed by atoms with van der Waals surface area (Å²) in [6, 6.07) is 2.04. The smallest absolute Gasteiger partial charge is 0.226 e. The second kappa shape index (κ2) is 6.79. The van der Waals surface area contributed by atoms with Crippen LogP contribution in [0.2, 0.25) is 0 Å². The Bertz CT molecular complexity index is 696. The van der Waals surface area contributed by atoms with Gasteiger partial charge in [0.05, 0.1) is 12.3 Å². The highest BCUT2D eigenvalue weighted by Crippen LogP contribution is 2.30. The van der Waals surface area contributed by atoms with Gasteiger partial charge in [-0.25, -0.2) is 0 Å². The molecule has 24 heavy (non-hydrogen) atoms. The fourth-order valence-electron chi connectivity index (χ4n) is 2.96. The Labute approximate surface area is 142 Å². The molecule has 0 saturated heterocycles. The molecule has 6 nitrogen and oxygen atoms in total. The van der Waals surface area contributed by atoms with E-state index >= 15 is 0 Å². The maximum absolute atomic E-state index is 12.2. The van der Waals surface area contributed by atoms with Gasteiger partial charge >= 0.3 is 0 Å². The molecule has 2 heterocycles. The molecule has 3 rings (SSSR count). The van der Waals surface area contributed by atoms with Crippen LogP contribution in [0.4, 0.5) is 0 Å². The Morgan fingerprint density at radius 3 is 3.00 bits per heavy atom. The number of hydrogen-bond acceptors (Lipinski definition) is 5. The second-order valence-electron chi connectivity index (χ2n) is 7.43. The van der Waals surface area contributed by atoms with E-state index in [4.69, 9.17) is 8.94 Å². The first kappa shape index (κ1) is 16.7. The van der Waals surface area contributed by atoms with Crippen molar-refractivity contribution in [3.8, 4) is 0 Å². The highest BCUT2D eigenvalue weighted by Gasteiger charge is 2.24. The van der Waals surface area contributed by atoms with E-state index in [1.165, 1.54) is 0 Å². The number of aryl methyl sites for hydroxylation is 2. The van der Waals surface area contributed by atoms with Gasteiger partial charge in [-0.3, -0.25) is 4.79 Å². The average Bonchev–Trinajstić information content (AvgIpc) is 3.15. The van der Waals surface area contributed by atoms with Gasteiger partial charge in [-0.2, -0.15) is 4.98 Å². The predicted molar refractivity (Wildman–Crippen MR) is 88.5 cm³/mol. The normalized spacial score (nSPS) is 17.5. The van der Waals surface area contributed by atoms with Crippen molar-refractivity contribution < 1.29 is 13.7 Å². The van der Waals surface area contributed by atoms with E-state index in [1.807, 2.05) is 26.8 Å². The monoisotopic (exact) mass is 331 g/mol. The van der Waals surface area contributed by atoms with E-state index in [-0.39, 0.29) is 17.4 Å². The van der Waals surface area contributed by atoms with Gasteiger partial charge in [0, 0.05) is 30.2 Å². The van der Waals surface area contributed by atoms with Crippen LogP contribution in [0, 0.1) is 0 Å². The highest BCUT2D eigenvalue weighted by molar-refractivity contribution is 5.76. The summed E-state index contributed by atoms with van der Waals surface area (Å²) in [5.74, 6) is 2.37. The molecule has 1 atom stereocenters. The van der Waals surface area contributed by atoms with Crippen LogP contribution in [-0.4, -0.2) is 16.0 Å². The lowest BCUT2D eigenvalue weighted by molar-refractivity contribution is -0.122. The van der Waals surface area contributed by atoms with E-state index in [0.29, 0.717) is 31.0 Å². The minimum Gasteiger partial charge on any atom is -0.469 e. The standard InChI is InChI=1S/C18H25N3O3/c1-18(2,3)17-20-16(24-21-17)9-5-8-15(22)19-13-6-4-7-14-12(13)10-11-23-14/h10-11,13H,4-9H2,1-3H3,(H,19,22). The molecule has 0 bridgehead atoms. The number of hydrogen-bond donors (Lipinski definition) is 1. The summed E-state index contributed by atoms with van der Waals surface area (Å²) in [5, 5.41) is 7.11. The summed E-state index contributed by atoms with van der Waals surface area (Å²) < 4.78 is 10.7. The number of fused-ring (bicyclic) bond motifs is 1. The SMILES string of the molecule is CC(C)(C)c1noc(CCCC(=O)NC2CCCc3occc32)n1. The maximum atomic E-state index is 12.2. The van der Waals surface area contributed by atoms with Crippen molar-refractivity contribution in [2.75, 3.05) is 0 Å². The lowest BCUT2D eigenvalue weighted by atomic mass is 9.93. The fourth-order valence-corrected chi connectivity index (χ4v) is 2.96. The predicted octanol–water partition coefficient (Wildman–Crippen LogP) is 3.48. The van der Waals surface area contributed by atoms with Crippen LogP contribution in [-0.2, 0) is 23.1 Å². The number of nitrogens with zero attached hydrogens (tertiary/aromatic N) is 2. The zero-order chi connectivity index (χ0) is 17.2. The third kappa shape index (κ3) is 3.86. The van der Waals surface area contributed by atoms with Crippen LogP contribution >= 0.6 is 0 Å². The summed E-state index contributed by atoms with van der Waals surface area (Å²) in [6.45, 7) is 6.14. The quantitative estimate of drug-likeness (QED) is 0.907. The average molecular weight is 331 g/mol. The highest BCUT2D eigenvalue weighted by atomic mass is 16.5. The molecule has 0 saturated carbocycles. The fraction of sp³-hybridized carbons (Fsp3) is 0.611. The largest absolute Gasteiger partial charge is 0.469 e. The summed E-state index contributed by atoms with van der Waals surface area (Å²) in [6.07, 6.45) is 6.46. The number of nitrogens with one attached hydrogen (secondary N) is 1. The van der Waals surface area contributed by atoms with Crippen molar-refractivity contribution in [2.45, 2.75) is 70.8 Å². The third-order valence-corrected chi connectivity index (χ3v) is 4.32. The Morgan fingerprint density at radius 2 is 2.25 bits per heavy atom. The third-order valence-electron chi connectivity index (χ3n) is 4.32. The molecule has 0 aromatic carbocycles. The number of carbonyl (C=O) groups excluding carboxylic acids is 1. The van der Waals surface area contributed by atoms with Crippen LogP contribution in [0.3, 0.4) is 0 Å². The van der Waals surface area contributed by atoms with Crippen LogP contribution in [0.15, 0.2) is 21.3 Å². The van der Waals surface area contributed by atoms with Gasteiger partial charge in [0.2, 0.25) is 11.8 Å². The van der Waals surface area contributed by atoms with E-state index in [2.05, 4.69) is 15.5 Å². The Balaban J connectivity index is 1.46. The van der Waals surface area contributed by atoms with Crippen LogP contribution in [0.5, 0.6) is 0 Å². The molecule has 0 spiro atoms. The lowest BCUT2D eigenvalue weighted by Gasteiger charge is -2.22. The number of aromatic nitrogens is 2. The summed E-state index contributed by atoms with van der Waals surface area (Å²) in [5.41, 5.74) is 1.00. The van der Waals surface area contributed by atoms with E-state index < -0.39 is 0 Å². The van der Waals surface area contributed by atoms with Gasteiger partial charge < -0.3 is 14.3 Å². The number of amides is 1. The van der Waals surface area contributed by atoms with Crippen LogP contribution < -0.4 is 5.32 Å². The molecule has 0 fully saturated rings. The molecule has 1 amide bonds. The minimum atomic E-state index is -0.123. The minimum absolute atomic E-state index is 0.0598. The molecule has 2 aromatic rings. The van der Waals surface area contributed by atoms with Crippen LogP contribution in [0.25, 0.3) is 0 Å². The van der Waals surface area contributed by atoms with Gasteiger partial charge in [0.25, 0.3) is 0 Å². The topological polar surface area (TPSA) is 81.2 Å². The molecular formula is C18H25N3O3. The lowest BCUT2D eigenvalue weighted by Crippen LogP contribution is -2.30. The van der Waals surface area contributed by atoms with Gasteiger partial charge in [-0.05, 0) is 25.3 Å². The van der Waals surface area contributed by atoms with Gasteiger partial charge in [0.1, 0.15) is 5.76 Å². The first-order chi connectivity index (χ1) is 11.4. The number of furan rings is 1.